The van der Waals surface area contributed by atoms with Crippen LogP contribution in [0.2, 0.25) is 0 Å². The normalized spacial score (nSPS) is 27.7. The molecule has 1 aliphatic heterocycles. The van der Waals surface area contributed by atoms with Gasteiger partial charge in [0.15, 0.2) is 5.17 Å². The molecule has 1 N–H and O–H groups in total. The maximum Gasteiger partial charge on any atom is 0.225 e. The quantitative estimate of drug-likeness (QED) is 0.860. The van der Waals surface area contributed by atoms with Crippen LogP contribution in [0.1, 0.15) is 30.5 Å². The van der Waals surface area contributed by atoms with E-state index >= 15 is 0 Å². The Bertz CT molecular complexity index is 559. The van der Waals surface area contributed by atoms with E-state index in [1.54, 1.807) is 23.6 Å². The Hall–Kier alpha value is -1.33. The van der Waals surface area contributed by atoms with Crippen molar-refractivity contribution in [2.24, 2.45) is 4.99 Å². The molecule has 0 spiro atoms. The van der Waals surface area contributed by atoms with E-state index in [1.165, 1.54) is 5.56 Å². The predicted octanol–water partition coefficient (Wildman–Crippen LogP) is 1.99. The number of rotatable bonds is 1. The number of carbonyl (C=O) groups is 1. The molecule has 2 atom stereocenters. The zero-order valence-electron chi connectivity index (χ0n) is 11.5. The Balaban J connectivity index is 1.95. The van der Waals surface area contributed by atoms with Gasteiger partial charge in [-0.3, -0.25) is 14.7 Å². The van der Waals surface area contributed by atoms with Gasteiger partial charge in [-0.1, -0.05) is 36.0 Å². The number of amides is 1. The van der Waals surface area contributed by atoms with Crippen LogP contribution in [0, 0.1) is 0 Å². The van der Waals surface area contributed by atoms with Crippen molar-refractivity contribution in [2.45, 2.75) is 31.9 Å². The molecule has 20 heavy (non-hydrogen) atoms. The van der Waals surface area contributed by atoms with Crippen molar-refractivity contribution >= 4 is 22.8 Å². The second kappa shape index (κ2) is 5.58. The minimum Gasteiger partial charge on any atom is -0.391 e. The van der Waals surface area contributed by atoms with Gasteiger partial charge < -0.3 is 5.11 Å². The molecule has 0 radical (unpaired) electrons. The maximum atomic E-state index is 11.6. The molecule has 0 unspecified atom stereocenters. The highest BCUT2D eigenvalue weighted by Crippen LogP contribution is 2.34. The first-order valence-corrected chi connectivity index (χ1v) is 7.90. The van der Waals surface area contributed by atoms with Gasteiger partial charge in [-0.25, -0.2) is 0 Å². The number of fused-ring (bicyclic) bond motifs is 1. The summed E-state index contributed by atoms with van der Waals surface area (Å²) >= 11 is 1.59. The number of hydrogen-bond donors (Lipinski definition) is 1. The van der Waals surface area contributed by atoms with Gasteiger partial charge in [-0.15, -0.1) is 0 Å². The SMILES string of the molecule is CC(=O)N1CCSC1=N[C@@H]1c2ccccc2CC[C@H]1O. The lowest BCUT2D eigenvalue weighted by Gasteiger charge is -2.28. The van der Waals surface area contributed by atoms with Gasteiger partial charge in [0, 0.05) is 19.2 Å². The van der Waals surface area contributed by atoms with Gasteiger partial charge in [0.2, 0.25) is 5.91 Å². The molecule has 1 aromatic carbocycles. The number of aliphatic hydroxyl groups excluding tert-OH is 1. The van der Waals surface area contributed by atoms with Crippen molar-refractivity contribution in [1.29, 1.82) is 0 Å². The molecule has 1 heterocycles. The zero-order valence-corrected chi connectivity index (χ0v) is 12.3. The molecule has 3 rings (SSSR count). The van der Waals surface area contributed by atoms with Crippen molar-refractivity contribution in [2.75, 3.05) is 12.3 Å². The molecule has 1 aromatic rings. The average molecular weight is 290 g/mol. The Morgan fingerprint density at radius 2 is 2.25 bits per heavy atom. The summed E-state index contributed by atoms with van der Waals surface area (Å²) in [5, 5.41) is 11.0. The molecule has 2 aliphatic rings. The number of aliphatic hydroxyl groups is 1. The van der Waals surface area contributed by atoms with E-state index in [9.17, 15) is 9.90 Å². The highest BCUT2D eigenvalue weighted by Gasteiger charge is 2.30. The summed E-state index contributed by atoms with van der Waals surface area (Å²) in [6.45, 7) is 2.27. The Morgan fingerprint density at radius 1 is 1.45 bits per heavy atom. The minimum absolute atomic E-state index is 0.0207. The zero-order chi connectivity index (χ0) is 14.1. The molecule has 106 valence electrons. The van der Waals surface area contributed by atoms with E-state index in [1.807, 2.05) is 18.2 Å². The van der Waals surface area contributed by atoms with Crippen LogP contribution in [0.25, 0.3) is 0 Å². The summed E-state index contributed by atoms with van der Waals surface area (Å²) in [5.74, 6) is 0.899. The van der Waals surface area contributed by atoms with Gasteiger partial charge in [0.25, 0.3) is 0 Å². The maximum absolute atomic E-state index is 11.6. The van der Waals surface area contributed by atoms with E-state index in [-0.39, 0.29) is 11.9 Å². The molecule has 1 amide bonds. The van der Waals surface area contributed by atoms with Crippen LogP contribution < -0.4 is 0 Å². The van der Waals surface area contributed by atoms with Crippen LogP contribution in [-0.2, 0) is 11.2 Å². The number of hydrogen-bond acceptors (Lipinski definition) is 4. The van der Waals surface area contributed by atoms with Crippen LogP contribution in [0.3, 0.4) is 0 Å². The highest BCUT2D eigenvalue weighted by molar-refractivity contribution is 8.14. The number of nitrogens with zero attached hydrogens (tertiary/aromatic N) is 2. The van der Waals surface area contributed by atoms with E-state index in [2.05, 4.69) is 6.07 Å². The van der Waals surface area contributed by atoms with Crippen LogP contribution in [0.15, 0.2) is 29.3 Å². The molecule has 0 saturated carbocycles. The van der Waals surface area contributed by atoms with Crippen LogP contribution >= 0.6 is 11.8 Å². The lowest BCUT2D eigenvalue weighted by Crippen LogP contribution is -2.31. The number of thioether (sulfide) groups is 1. The lowest BCUT2D eigenvalue weighted by atomic mass is 9.86. The Morgan fingerprint density at radius 3 is 3.05 bits per heavy atom. The first kappa shape index (κ1) is 13.6. The fourth-order valence-electron chi connectivity index (χ4n) is 2.79. The summed E-state index contributed by atoms with van der Waals surface area (Å²) in [4.78, 5) is 18.0. The van der Waals surface area contributed by atoms with Gasteiger partial charge in [0.1, 0.15) is 6.04 Å². The first-order valence-electron chi connectivity index (χ1n) is 6.91. The summed E-state index contributed by atoms with van der Waals surface area (Å²) in [7, 11) is 0. The van der Waals surface area contributed by atoms with Gasteiger partial charge in [0.05, 0.1) is 6.10 Å². The summed E-state index contributed by atoms with van der Waals surface area (Å²) in [6.07, 6.45) is 1.15. The molecule has 4 nitrogen and oxygen atoms in total. The lowest BCUT2D eigenvalue weighted by molar-refractivity contribution is -0.124. The van der Waals surface area contributed by atoms with Crippen molar-refractivity contribution in [3.63, 3.8) is 0 Å². The van der Waals surface area contributed by atoms with Crippen LogP contribution in [-0.4, -0.2) is 39.5 Å². The average Bonchev–Trinajstić information content (AvgIpc) is 2.90. The molecule has 1 fully saturated rings. The van der Waals surface area contributed by atoms with Gasteiger partial charge >= 0.3 is 0 Å². The Labute approximate surface area is 122 Å². The van der Waals surface area contributed by atoms with Crippen molar-refractivity contribution in [1.82, 2.24) is 4.90 Å². The van der Waals surface area contributed by atoms with Crippen LogP contribution in [0.4, 0.5) is 0 Å². The van der Waals surface area contributed by atoms with Crippen molar-refractivity contribution in [3.8, 4) is 0 Å². The number of aliphatic imine (C=N–C) groups is 1. The third-order valence-electron chi connectivity index (χ3n) is 3.85. The number of aryl methyl sites for hydroxylation is 1. The third-order valence-corrected chi connectivity index (χ3v) is 4.82. The number of benzene rings is 1. The van der Waals surface area contributed by atoms with E-state index in [0.717, 1.165) is 29.3 Å². The summed E-state index contributed by atoms with van der Waals surface area (Å²) in [6, 6.07) is 7.88. The van der Waals surface area contributed by atoms with Crippen molar-refractivity contribution in [3.05, 3.63) is 35.4 Å². The molecule has 0 aromatic heterocycles. The van der Waals surface area contributed by atoms with E-state index in [4.69, 9.17) is 4.99 Å². The fraction of sp³-hybridized carbons (Fsp3) is 0.467. The summed E-state index contributed by atoms with van der Waals surface area (Å²) < 4.78 is 0. The number of carbonyl (C=O) groups excluding carboxylic acids is 1. The standard InChI is InChI=1S/C15H18N2O2S/c1-10(18)17-8-9-20-15(17)16-14-12-5-3-2-4-11(12)6-7-13(14)19/h2-5,13-14,19H,6-9H2,1H3/t13-,14-/m1/s1. The monoisotopic (exact) mass is 290 g/mol. The molecular weight excluding hydrogens is 272 g/mol. The molecular formula is C15H18N2O2S. The predicted molar refractivity (Wildman–Crippen MR) is 80.8 cm³/mol. The number of amidine groups is 1. The van der Waals surface area contributed by atoms with E-state index in [0.29, 0.717) is 6.54 Å². The fourth-order valence-corrected chi connectivity index (χ4v) is 3.81. The second-order valence-electron chi connectivity index (χ2n) is 5.18. The molecule has 0 bridgehead atoms. The third kappa shape index (κ3) is 2.47. The van der Waals surface area contributed by atoms with Crippen molar-refractivity contribution < 1.29 is 9.90 Å². The van der Waals surface area contributed by atoms with Gasteiger partial charge in [-0.2, -0.15) is 0 Å². The smallest absolute Gasteiger partial charge is 0.225 e. The second-order valence-corrected chi connectivity index (χ2v) is 6.24. The molecule has 1 saturated heterocycles. The van der Waals surface area contributed by atoms with Gasteiger partial charge in [-0.05, 0) is 24.0 Å². The molecule has 1 aliphatic carbocycles. The first-order chi connectivity index (χ1) is 9.66. The van der Waals surface area contributed by atoms with Crippen LogP contribution in [0.5, 0.6) is 0 Å². The topological polar surface area (TPSA) is 52.9 Å². The largest absolute Gasteiger partial charge is 0.391 e. The summed E-state index contributed by atoms with van der Waals surface area (Å²) in [5.41, 5.74) is 2.35. The van der Waals surface area contributed by atoms with E-state index < -0.39 is 6.10 Å². The Kier molecular flexibility index (Phi) is 3.81. The molecule has 5 heteroatoms. The minimum atomic E-state index is -0.465. The highest BCUT2D eigenvalue weighted by atomic mass is 32.2.